The fourth-order valence-corrected chi connectivity index (χ4v) is 2.65. The van der Waals surface area contributed by atoms with E-state index in [1.807, 2.05) is 6.07 Å². The van der Waals surface area contributed by atoms with Crippen molar-refractivity contribution in [3.63, 3.8) is 0 Å². The third-order valence-corrected chi connectivity index (χ3v) is 3.72. The van der Waals surface area contributed by atoms with Gasteiger partial charge in [-0.25, -0.2) is 0 Å². The van der Waals surface area contributed by atoms with E-state index in [1.54, 1.807) is 0 Å². The van der Waals surface area contributed by atoms with Gasteiger partial charge in [0.2, 0.25) is 0 Å². The van der Waals surface area contributed by atoms with Gasteiger partial charge in [0.15, 0.2) is 0 Å². The summed E-state index contributed by atoms with van der Waals surface area (Å²) in [5.41, 5.74) is 2.54. The topological polar surface area (TPSA) is 12.5 Å². The Morgan fingerprint density at radius 2 is 1.26 bits per heavy atom. The maximum absolute atomic E-state index is 5.84. The zero-order valence-corrected chi connectivity index (χ0v) is 10.5. The van der Waals surface area contributed by atoms with E-state index in [2.05, 4.69) is 66.7 Å². The molecule has 92 valence electrons. The summed E-state index contributed by atoms with van der Waals surface area (Å²) < 4.78 is 5.84. The number of rotatable bonds is 2. The quantitative estimate of drug-likeness (QED) is 0.599. The SMILES string of the molecule is c1ccc([C@H]2O[C@@H]2c2ccc3ccccc3c2)cc1. The van der Waals surface area contributed by atoms with Gasteiger partial charge in [0, 0.05) is 0 Å². The number of hydrogen-bond acceptors (Lipinski definition) is 1. The Hall–Kier alpha value is -2.12. The Bertz CT molecular complexity index is 718. The van der Waals surface area contributed by atoms with Crippen LogP contribution in [0.25, 0.3) is 10.8 Å². The highest BCUT2D eigenvalue weighted by Gasteiger charge is 2.41. The van der Waals surface area contributed by atoms with Gasteiger partial charge in [-0.1, -0.05) is 66.7 Å². The van der Waals surface area contributed by atoms with Crippen molar-refractivity contribution in [2.75, 3.05) is 0 Å². The molecule has 3 aromatic carbocycles. The van der Waals surface area contributed by atoms with E-state index in [4.69, 9.17) is 4.74 Å². The van der Waals surface area contributed by atoms with E-state index in [1.165, 1.54) is 21.9 Å². The highest BCUT2D eigenvalue weighted by Crippen LogP contribution is 2.51. The molecule has 1 saturated heterocycles. The summed E-state index contributed by atoms with van der Waals surface area (Å²) in [6.45, 7) is 0. The third kappa shape index (κ3) is 1.92. The summed E-state index contributed by atoms with van der Waals surface area (Å²) in [6.07, 6.45) is 0.439. The molecule has 0 spiro atoms. The van der Waals surface area contributed by atoms with Crippen LogP contribution in [-0.4, -0.2) is 0 Å². The molecule has 0 radical (unpaired) electrons. The first-order chi connectivity index (χ1) is 9.42. The van der Waals surface area contributed by atoms with Gasteiger partial charge in [-0.3, -0.25) is 0 Å². The van der Waals surface area contributed by atoms with E-state index in [9.17, 15) is 0 Å². The van der Waals surface area contributed by atoms with Crippen LogP contribution in [0, 0.1) is 0 Å². The van der Waals surface area contributed by atoms with Crippen LogP contribution in [0.5, 0.6) is 0 Å². The van der Waals surface area contributed by atoms with Crippen LogP contribution in [0.15, 0.2) is 72.8 Å². The molecule has 4 rings (SSSR count). The minimum Gasteiger partial charge on any atom is -0.359 e. The molecule has 1 aliphatic heterocycles. The van der Waals surface area contributed by atoms with Crippen molar-refractivity contribution in [3.05, 3.63) is 83.9 Å². The fraction of sp³-hybridized carbons (Fsp3) is 0.111. The van der Waals surface area contributed by atoms with Crippen LogP contribution in [-0.2, 0) is 4.74 Å². The first-order valence-corrected chi connectivity index (χ1v) is 6.61. The number of benzene rings is 3. The standard InChI is InChI=1S/C18H14O/c1-2-7-14(8-3-1)17-18(19-17)16-11-10-13-6-4-5-9-15(13)12-16/h1-12,17-18H/t17-,18-/m1/s1. The molecular formula is C18H14O. The predicted octanol–water partition coefficient (Wildman–Crippen LogP) is 4.65. The zero-order chi connectivity index (χ0) is 12.7. The predicted molar refractivity (Wildman–Crippen MR) is 77.0 cm³/mol. The Balaban J connectivity index is 1.66. The number of epoxide rings is 1. The lowest BCUT2D eigenvalue weighted by Gasteiger charge is -2.01. The summed E-state index contributed by atoms with van der Waals surface area (Å²) >= 11 is 0. The summed E-state index contributed by atoms with van der Waals surface area (Å²) in [4.78, 5) is 0. The van der Waals surface area contributed by atoms with Crippen LogP contribution < -0.4 is 0 Å². The summed E-state index contributed by atoms with van der Waals surface area (Å²) in [5, 5.41) is 2.56. The molecule has 19 heavy (non-hydrogen) atoms. The largest absolute Gasteiger partial charge is 0.359 e. The molecule has 1 nitrogen and oxygen atoms in total. The van der Waals surface area contributed by atoms with E-state index in [0.29, 0.717) is 0 Å². The van der Waals surface area contributed by atoms with Crippen LogP contribution in [0.3, 0.4) is 0 Å². The molecule has 1 heterocycles. The van der Waals surface area contributed by atoms with Gasteiger partial charge in [0.05, 0.1) is 0 Å². The summed E-state index contributed by atoms with van der Waals surface area (Å²) in [5.74, 6) is 0. The van der Waals surface area contributed by atoms with Gasteiger partial charge in [-0.15, -0.1) is 0 Å². The first-order valence-electron chi connectivity index (χ1n) is 6.61. The van der Waals surface area contributed by atoms with E-state index in [-0.39, 0.29) is 12.2 Å². The maximum Gasteiger partial charge on any atom is 0.114 e. The van der Waals surface area contributed by atoms with Crippen LogP contribution in [0.1, 0.15) is 23.3 Å². The Labute approximate surface area is 112 Å². The molecule has 0 N–H and O–H groups in total. The molecule has 3 aromatic rings. The number of hydrogen-bond donors (Lipinski definition) is 0. The molecule has 1 heteroatoms. The number of fused-ring (bicyclic) bond motifs is 1. The lowest BCUT2D eigenvalue weighted by atomic mass is 10.0. The van der Waals surface area contributed by atoms with E-state index < -0.39 is 0 Å². The van der Waals surface area contributed by atoms with Gasteiger partial charge >= 0.3 is 0 Å². The normalized spacial score (nSPS) is 21.5. The molecule has 0 aliphatic carbocycles. The van der Waals surface area contributed by atoms with Crippen LogP contribution in [0.4, 0.5) is 0 Å². The van der Waals surface area contributed by atoms with Crippen molar-refractivity contribution in [1.29, 1.82) is 0 Å². The monoisotopic (exact) mass is 246 g/mol. The molecule has 0 saturated carbocycles. The lowest BCUT2D eigenvalue weighted by Crippen LogP contribution is -1.84. The van der Waals surface area contributed by atoms with Crippen LogP contribution >= 0.6 is 0 Å². The van der Waals surface area contributed by atoms with Gasteiger partial charge in [-0.05, 0) is 28.0 Å². The molecule has 0 bridgehead atoms. The average Bonchev–Trinajstić information content (AvgIpc) is 3.28. The Morgan fingerprint density at radius 3 is 2.11 bits per heavy atom. The average molecular weight is 246 g/mol. The first kappa shape index (κ1) is 10.8. The van der Waals surface area contributed by atoms with Gasteiger partial charge in [0.25, 0.3) is 0 Å². The molecule has 0 amide bonds. The van der Waals surface area contributed by atoms with Crippen LogP contribution in [0.2, 0.25) is 0 Å². The summed E-state index contributed by atoms with van der Waals surface area (Å²) in [7, 11) is 0. The van der Waals surface area contributed by atoms with Gasteiger partial charge < -0.3 is 4.74 Å². The van der Waals surface area contributed by atoms with Crippen molar-refractivity contribution in [1.82, 2.24) is 0 Å². The van der Waals surface area contributed by atoms with Gasteiger partial charge in [0.1, 0.15) is 12.2 Å². The molecule has 0 aromatic heterocycles. The van der Waals surface area contributed by atoms with Crippen molar-refractivity contribution in [2.45, 2.75) is 12.2 Å². The molecule has 1 aliphatic rings. The fourth-order valence-electron chi connectivity index (χ4n) is 2.65. The summed E-state index contributed by atoms with van der Waals surface area (Å²) in [6, 6.07) is 25.5. The minimum absolute atomic E-state index is 0.215. The van der Waals surface area contributed by atoms with E-state index >= 15 is 0 Å². The lowest BCUT2D eigenvalue weighted by molar-refractivity contribution is 0.378. The highest BCUT2D eigenvalue weighted by molar-refractivity contribution is 5.83. The highest BCUT2D eigenvalue weighted by atomic mass is 16.6. The van der Waals surface area contributed by atoms with Crippen molar-refractivity contribution < 1.29 is 4.74 Å². The van der Waals surface area contributed by atoms with Crippen molar-refractivity contribution in [3.8, 4) is 0 Å². The van der Waals surface area contributed by atoms with Crippen molar-refractivity contribution >= 4 is 10.8 Å². The molecule has 2 atom stereocenters. The van der Waals surface area contributed by atoms with Crippen molar-refractivity contribution in [2.24, 2.45) is 0 Å². The Morgan fingerprint density at radius 1 is 0.579 bits per heavy atom. The zero-order valence-electron chi connectivity index (χ0n) is 10.5. The molecule has 0 unspecified atom stereocenters. The second kappa shape index (κ2) is 4.22. The molecule has 1 fully saturated rings. The second-order valence-corrected chi connectivity index (χ2v) is 4.99. The maximum atomic E-state index is 5.84. The smallest absolute Gasteiger partial charge is 0.114 e. The van der Waals surface area contributed by atoms with E-state index in [0.717, 1.165) is 0 Å². The number of ether oxygens (including phenoxy) is 1. The Kier molecular flexibility index (Phi) is 2.39. The minimum atomic E-state index is 0.215. The van der Waals surface area contributed by atoms with Gasteiger partial charge in [-0.2, -0.15) is 0 Å². The third-order valence-electron chi connectivity index (χ3n) is 3.72. The molecular weight excluding hydrogens is 232 g/mol. The second-order valence-electron chi connectivity index (χ2n) is 4.99.